The summed E-state index contributed by atoms with van der Waals surface area (Å²) in [7, 11) is 0. The molecule has 5 heteroatoms. The molecular formula is C11H7NO3S. The van der Waals surface area contributed by atoms with E-state index in [-0.39, 0.29) is 5.69 Å². The van der Waals surface area contributed by atoms with Crippen LogP contribution in [0.5, 0.6) is 0 Å². The van der Waals surface area contributed by atoms with Crippen molar-refractivity contribution >= 4 is 17.7 Å². The fraction of sp³-hybridized carbons (Fsp3) is 0.0909. The summed E-state index contributed by atoms with van der Waals surface area (Å²) >= 11 is 1.60. The Morgan fingerprint density at radius 2 is 2.25 bits per heavy atom. The van der Waals surface area contributed by atoms with Gasteiger partial charge in [0.1, 0.15) is 0 Å². The molecule has 0 atom stereocenters. The van der Waals surface area contributed by atoms with E-state index in [1.54, 1.807) is 11.8 Å². The molecule has 0 unspecified atom stereocenters. The zero-order chi connectivity index (χ0) is 11.1. The fourth-order valence-electron chi connectivity index (χ4n) is 1.75. The number of thioether (sulfide) groups is 1. The number of carbonyl (C=O) groups is 1. The van der Waals surface area contributed by atoms with Gasteiger partial charge in [-0.2, -0.15) is 0 Å². The molecule has 0 aliphatic carbocycles. The van der Waals surface area contributed by atoms with Crippen LogP contribution in [0.1, 0.15) is 16.1 Å². The van der Waals surface area contributed by atoms with Gasteiger partial charge in [-0.25, -0.2) is 4.79 Å². The van der Waals surface area contributed by atoms with Crippen molar-refractivity contribution in [2.75, 3.05) is 0 Å². The highest BCUT2D eigenvalue weighted by Gasteiger charge is 2.27. The third-order valence-electron chi connectivity index (χ3n) is 2.49. The highest BCUT2D eigenvalue weighted by atomic mass is 32.2. The summed E-state index contributed by atoms with van der Waals surface area (Å²) in [5.74, 6) is 0.147. The molecule has 1 aromatic heterocycles. The normalized spacial score (nSPS) is 13.0. The quantitative estimate of drug-likeness (QED) is 0.820. The Labute approximate surface area is 95.3 Å². The van der Waals surface area contributed by atoms with E-state index in [1.807, 2.05) is 24.3 Å². The number of hydrogen-bond donors (Lipinski definition) is 1. The van der Waals surface area contributed by atoms with Crippen LogP contribution in [-0.2, 0) is 5.75 Å². The molecule has 4 nitrogen and oxygen atoms in total. The van der Waals surface area contributed by atoms with Crippen LogP contribution in [0.2, 0.25) is 0 Å². The molecule has 0 saturated carbocycles. The smallest absolute Gasteiger partial charge is 0.358 e. The number of benzene rings is 1. The van der Waals surface area contributed by atoms with Gasteiger partial charge in [0, 0.05) is 21.8 Å². The maximum Gasteiger partial charge on any atom is 0.358 e. The van der Waals surface area contributed by atoms with Gasteiger partial charge in [0.15, 0.2) is 11.5 Å². The molecule has 0 saturated heterocycles. The standard InChI is InChI=1S/C11H7NO3S/c13-11(14)9-7-5-16-8-4-2-1-3-6(8)10(7)15-12-9/h1-4H,5H2,(H,13,14). The number of hydrogen-bond acceptors (Lipinski definition) is 4. The van der Waals surface area contributed by atoms with Crippen molar-refractivity contribution in [3.05, 3.63) is 35.5 Å². The summed E-state index contributed by atoms with van der Waals surface area (Å²) < 4.78 is 5.13. The molecule has 3 rings (SSSR count). The van der Waals surface area contributed by atoms with E-state index in [9.17, 15) is 4.79 Å². The van der Waals surface area contributed by atoms with E-state index in [0.717, 1.165) is 10.5 Å². The number of fused-ring (bicyclic) bond motifs is 3. The summed E-state index contributed by atoms with van der Waals surface area (Å²) in [5, 5.41) is 12.6. The lowest BCUT2D eigenvalue weighted by Gasteiger charge is -2.12. The maximum absolute atomic E-state index is 10.9. The largest absolute Gasteiger partial charge is 0.476 e. The van der Waals surface area contributed by atoms with E-state index in [4.69, 9.17) is 9.63 Å². The first-order valence-corrected chi connectivity index (χ1v) is 5.70. The first-order valence-electron chi connectivity index (χ1n) is 4.71. The molecule has 0 spiro atoms. The Hall–Kier alpha value is -1.75. The van der Waals surface area contributed by atoms with Gasteiger partial charge in [-0.3, -0.25) is 0 Å². The van der Waals surface area contributed by atoms with E-state index >= 15 is 0 Å². The summed E-state index contributed by atoms with van der Waals surface area (Å²) in [5.41, 5.74) is 1.63. The molecule has 2 heterocycles. The summed E-state index contributed by atoms with van der Waals surface area (Å²) in [6.07, 6.45) is 0. The number of carboxylic acid groups (broad SMARTS) is 1. The lowest BCUT2D eigenvalue weighted by molar-refractivity contribution is 0.0685. The summed E-state index contributed by atoms with van der Waals surface area (Å²) in [6, 6.07) is 7.76. The van der Waals surface area contributed by atoms with Crippen molar-refractivity contribution in [1.29, 1.82) is 0 Å². The first kappa shape index (κ1) is 9.47. The average Bonchev–Trinajstić information content (AvgIpc) is 2.73. The first-order chi connectivity index (χ1) is 7.77. The monoisotopic (exact) mass is 233 g/mol. The van der Waals surface area contributed by atoms with Crippen molar-refractivity contribution in [3.8, 4) is 11.3 Å². The lowest BCUT2D eigenvalue weighted by atomic mass is 10.1. The van der Waals surface area contributed by atoms with Crippen LogP contribution in [0.15, 0.2) is 33.7 Å². The molecule has 0 bridgehead atoms. The van der Waals surface area contributed by atoms with Gasteiger partial charge < -0.3 is 9.63 Å². The predicted octanol–water partition coefficient (Wildman–Crippen LogP) is 2.65. The van der Waals surface area contributed by atoms with E-state index in [2.05, 4.69) is 5.16 Å². The van der Waals surface area contributed by atoms with Gasteiger partial charge in [0.05, 0.1) is 0 Å². The zero-order valence-electron chi connectivity index (χ0n) is 8.14. The third kappa shape index (κ3) is 1.25. The van der Waals surface area contributed by atoms with Gasteiger partial charge in [0.2, 0.25) is 0 Å². The highest BCUT2D eigenvalue weighted by molar-refractivity contribution is 7.98. The van der Waals surface area contributed by atoms with Gasteiger partial charge in [-0.1, -0.05) is 17.3 Å². The van der Waals surface area contributed by atoms with Crippen molar-refractivity contribution in [2.45, 2.75) is 10.6 Å². The molecule has 1 N–H and O–H groups in total. The molecule has 0 fully saturated rings. The second-order valence-electron chi connectivity index (χ2n) is 3.43. The Bertz CT molecular complexity index is 576. The van der Waals surface area contributed by atoms with Crippen molar-refractivity contribution in [2.24, 2.45) is 0 Å². The van der Waals surface area contributed by atoms with Crippen molar-refractivity contribution < 1.29 is 14.4 Å². The topological polar surface area (TPSA) is 63.3 Å². The molecule has 0 radical (unpaired) electrons. The number of aromatic carboxylic acids is 1. The average molecular weight is 233 g/mol. The number of carboxylic acids is 1. The molecule has 1 aliphatic rings. The minimum Gasteiger partial charge on any atom is -0.476 e. The minimum atomic E-state index is -1.04. The SMILES string of the molecule is O=C(O)c1noc2c1CSc1ccccc1-2. The second-order valence-corrected chi connectivity index (χ2v) is 4.45. The van der Waals surface area contributed by atoms with Crippen LogP contribution in [0.3, 0.4) is 0 Å². The molecule has 16 heavy (non-hydrogen) atoms. The van der Waals surface area contributed by atoms with E-state index in [1.165, 1.54) is 0 Å². The van der Waals surface area contributed by atoms with Crippen LogP contribution in [0, 0.1) is 0 Å². The van der Waals surface area contributed by atoms with Crippen LogP contribution >= 0.6 is 11.8 Å². The minimum absolute atomic E-state index is 0.0250. The maximum atomic E-state index is 10.9. The summed E-state index contributed by atoms with van der Waals surface area (Å²) in [4.78, 5) is 12.0. The number of aromatic nitrogens is 1. The van der Waals surface area contributed by atoms with Crippen LogP contribution < -0.4 is 0 Å². The Balaban J connectivity index is 2.23. The Morgan fingerprint density at radius 3 is 3.06 bits per heavy atom. The molecule has 0 amide bonds. The van der Waals surface area contributed by atoms with Gasteiger partial charge in [-0.05, 0) is 12.1 Å². The van der Waals surface area contributed by atoms with Gasteiger partial charge in [-0.15, -0.1) is 11.8 Å². The van der Waals surface area contributed by atoms with E-state index in [0.29, 0.717) is 17.1 Å². The molecule has 1 aromatic carbocycles. The molecule has 1 aliphatic heterocycles. The molecular weight excluding hydrogens is 226 g/mol. The molecule has 80 valence electrons. The zero-order valence-corrected chi connectivity index (χ0v) is 8.95. The lowest BCUT2D eigenvalue weighted by Crippen LogP contribution is -2.02. The van der Waals surface area contributed by atoms with Crippen molar-refractivity contribution in [3.63, 3.8) is 0 Å². The van der Waals surface area contributed by atoms with Gasteiger partial charge in [0.25, 0.3) is 0 Å². The predicted molar refractivity (Wildman–Crippen MR) is 58.5 cm³/mol. The van der Waals surface area contributed by atoms with Crippen LogP contribution in [0.4, 0.5) is 0 Å². The van der Waals surface area contributed by atoms with Crippen molar-refractivity contribution in [1.82, 2.24) is 5.16 Å². The third-order valence-corrected chi connectivity index (χ3v) is 3.59. The van der Waals surface area contributed by atoms with Gasteiger partial charge >= 0.3 is 5.97 Å². The summed E-state index contributed by atoms with van der Waals surface area (Å²) in [6.45, 7) is 0. The van der Waals surface area contributed by atoms with E-state index < -0.39 is 5.97 Å². The Kier molecular flexibility index (Phi) is 2.00. The Morgan fingerprint density at radius 1 is 1.44 bits per heavy atom. The number of rotatable bonds is 1. The van der Waals surface area contributed by atoms with Crippen LogP contribution in [0.25, 0.3) is 11.3 Å². The highest BCUT2D eigenvalue weighted by Crippen LogP contribution is 2.42. The van der Waals surface area contributed by atoms with Crippen LogP contribution in [-0.4, -0.2) is 16.2 Å². The number of nitrogens with zero attached hydrogens (tertiary/aromatic N) is 1. The fourth-order valence-corrected chi connectivity index (χ4v) is 2.81. The second kappa shape index (κ2) is 3.38. The molecule has 2 aromatic rings.